The van der Waals surface area contributed by atoms with Crippen molar-refractivity contribution in [1.29, 1.82) is 0 Å². The average molecular weight is 654 g/mol. The topological polar surface area (TPSA) is 187 Å². The van der Waals surface area contributed by atoms with Crippen LogP contribution in [-0.2, 0) is 43.6 Å². The van der Waals surface area contributed by atoms with Gasteiger partial charge < -0.3 is 28.8 Å². The van der Waals surface area contributed by atoms with Crippen LogP contribution in [0.1, 0.15) is 57.7 Å². The molecule has 0 aliphatic heterocycles. The highest BCUT2D eigenvalue weighted by atomic mass is 17.0. The minimum absolute atomic E-state index is 0.0413. The van der Waals surface area contributed by atoms with E-state index < -0.39 is 22.2 Å². The fourth-order valence-corrected chi connectivity index (χ4v) is 4.28. The van der Waals surface area contributed by atoms with E-state index in [4.69, 9.17) is 9.47 Å². The number of benzene rings is 3. The fraction of sp³-hybridized carbons (Fsp3) is 0.344. The molecule has 0 aliphatic rings. The van der Waals surface area contributed by atoms with Crippen LogP contribution in [-0.4, -0.2) is 65.3 Å². The lowest BCUT2D eigenvalue weighted by molar-refractivity contribution is -0.763. The van der Waals surface area contributed by atoms with Crippen LogP contribution in [0.15, 0.2) is 72.8 Å². The maximum Gasteiger partial charge on any atom is 0.338 e. The second kappa shape index (κ2) is 17.7. The maximum absolute atomic E-state index is 13.6. The summed E-state index contributed by atoms with van der Waals surface area (Å²) in [5, 5.41) is 19.2. The molecule has 3 aromatic carbocycles. The summed E-state index contributed by atoms with van der Waals surface area (Å²) in [4.78, 5) is 69.4. The van der Waals surface area contributed by atoms with E-state index in [1.54, 1.807) is 50.2 Å². The van der Waals surface area contributed by atoms with Crippen LogP contribution in [0.3, 0.4) is 0 Å². The summed E-state index contributed by atoms with van der Waals surface area (Å²) in [6, 6.07) is 18.7. The molecule has 250 valence electrons. The Kier molecular flexibility index (Phi) is 13.4. The predicted octanol–water partition coefficient (Wildman–Crippen LogP) is 4.36. The van der Waals surface area contributed by atoms with Gasteiger partial charge in [0.15, 0.2) is 6.10 Å². The molecular formula is C32H35N3O12. The van der Waals surface area contributed by atoms with Gasteiger partial charge in [0.2, 0.25) is 0 Å². The van der Waals surface area contributed by atoms with E-state index >= 15 is 0 Å². The van der Waals surface area contributed by atoms with Crippen LogP contribution >= 0.6 is 0 Å². The zero-order valence-corrected chi connectivity index (χ0v) is 26.1. The molecule has 0 saturated heterocycles. The summed E-state index contributed by atoms with van der Waals surface area (Å²) < 4.78 is 16.4. The number of esters is 2. The summed E-state index contributed by atoms with van der Waals surface area (Å²) in [5.74, 6) is -0.922. The molecule has 0 bridgehead atoms. The Bertz CT molecular complexity index is 1510. The lowest BCUT2D eigenvalue weighted by atomic mass is 10.1. The molecule has 3 aromatic rings. The zero-order chi connectivity index (χ0) is 34.3. The van der Waals surface area contributed by atoms with E-state index in [1.807, 2.05) is 0 Å². The Morgan fingerprint density at radius 2 is 1.28 bits per heavy atom. The molecule has 1 amide bonds. The van der Waals surface area contributed by atoms with E-state index in [9.17, 15) is 34.6 Å². The van der Waals surface area contributed by atoms with Crippen molar-refractivity contribution in [3.8, 4) is 5.75 Å². The number of hydrogen-bond acceptors (Lipinski definition) is 12. The van der Waals surface area contributed by atoms with Crippen LogP contribution in [0, 0.1) is 20.2 Å². The molecule has 0 aromatic heterocycles. The third-order valence-corrected chi connectivity index (χ3v) is 6.83. The second-order valence-corrected chi connectivity index (χ2v) is 10.5. The van der Waals surface area contributed by atoms with Crippen molar-refractivity contribution in [2.24, 2.45) is 0 Å². The van der Waals surface area contributed by atoms with Gasteiger partial charge >= 0.3 is 11.9 Å². The molecule has 0 heterocycles. The lowest BCUT2D eigenvalue weighted by Gasteiger charge is -2.31. The van der Waals surface area contributed by atoms with Gasteiger partial charge in [0, 0.05) is 18.0 Å². The zero-order valence-electron chi connectivity index (χ0n) is 26.1. The molecule has 0 radical (unpaired) electrons. The van der Waals surface area contributed by atoms with Gasteiger partial charge in [-0.2, -0.15) is 0 Å². The third kappa shape index (κ3) is 11.9. The molecule has 0 spiro atoms. The van der Waals surface area contributed by atoms with Crippen LogP contribution in [0.5, 0.6) is 5.75 Å². The Morgan fingerprint density at radius 1 is 0.766 bits per heavy atom. The molecule has 3 rings (SSSR count). The Hall–Kier alpha value is -5.73. The van der Waals surface area contributed by atoms with Gasteiger partial charge in [-0.3, -0.25) is 9.59 Å². The van der Waals surface area contributed by atoms with Crippen molar-refractivity contribution in [2.75, 3.05) is 20.3 Å². The summed E-state index contributed by atoms with van der Waals surface area (Å²) in [5.41, 5.74) is 2.35. The van der Waals surface area contributed by atoms with Crippen molar-refractivity contribution in [3.63, 3.8) is 0 Å². The van der Waals surface area contributed by atoms with E-state index in [1.165, 1.54) is 48.4 Å². The number of methoxy groups -OCH3 is 1. The minimum atomic E-state index is -0.932. The molecule has 0 fully saturated rings. The smallest absolute Gasteiger partial charge is 0.338 e. The van der Waals surface area contributed by atoms with Gasteiger partial charge in [-0.05, 0) is 73.4 Å². The molecule has 15 nitrogen and oxygen atoms in total. The Morgan fingerprint density at radius 3 is 1.77 bits per heavy atom. The first-order valence-electron chi connectivity index (χ1n) is 14.5. The molecule has 0 N–H and O–H groups in total. The summed E-state index contributed by atoms with van der Waals surface area (Å²) >= 11 is 0. The van der Waals surface area contributed by atoms with Crippen molar-refractivity contribution >= 4 is 17.8 Å². The largest absolute Gasteiger partial charge is 0.490 e. The molecular weight excluding hydrogens is 618 g/mol. The fourth-order valence-electron chi connectivity index (χ4n) is 4.28. The Labute approximate surface area is 270 Å². The predicted molar refractivity (Wildman–Crippen MR) is 164 cm³/mol. The van der Waals surface area contributed by atoms with Gasteiger partial charge in [0.05, 0.1) is 19.2 Å². The Balaban J connectivity index is 1.76. The van der Waals surface area contributed by atoms with E-state index in [0.717, 1.165) is 5.56 Å². The van der Waals surface area contributed by atoms with Crippen molar-refractivity contribution < 1.29 is 48.4 Å². The first-order chi connectivity index (χ1) is 22.4. The van der Waals surface area contributed by atoms with Crippen LogP contribution in [0.25, 0.3) is 0 Å². The number of carbonyl (C=O) groups excluding carboxylic acids is 3. The molecule has 1 atom stereocenters. The van der Waals surface area contributed by atoms with Crippen molar-refractivity contribution in [1.82, 2.24) is 4.90 Å². The monoisotopic (exact) mass is 653 g/mol. The van der Waals surface area contributed by atoms with E-state index in [0.29, 0.717) is 28.9 Å². The highest BCUT2D eigenvalue weighted by molar-refractivity contribution is 5.94. The van der Waals surface area contributed by atoms with Crippen molar-refractivity contribution in [3.05, 3.63) is 121 Å². The third-order valence-electron chi connectivity index (χ3n) is 6.83. The van der Waals surface area contributed by atoms with Gasteiger partial charge in [0.1, 0.15) is 25.6 Å². The normalized spacial score (nSPS) is 11.2. The number of hydrogen-bond donors (Lipinski definition) is 0. The highest BCUT2D eigenvalue weighted by Gasteiger charge is 2.26. The summed E-state index contributed by atoms with van der Waals surface area (Å²) in [6.45, 7) is 2.90. The number of carbonyl (C=O) groups is 3. The molecule has 0 aliphatic carbocycles. The van der Waals surface area contributed by atoms with Crippen LogP contribution in [0.4, 0.5) is 0 Å². The van der Waals surface area contributed by atoms with Gasteiger partial charge in [-0.1, -0.05) is 36.4 Å². The second-order valence-electron chi connectivity index (χ2n) is 10.5. The number of ether oxygens (including phenoxy) is 3. The van der Waals surface area contributed by atoms with E-state index in [-0.39, 0.29) is 56.3 Å². The number of rotatable bonds is 18. The standard InChI is InChI=1S/C32H35N3O12/c1-22(2)33(31(37)26-11-4-24(5-12-26)19-45-34(39)40)18-29(21-44-28-15-8-23(9-16-28)10-17-30(36)43-3)47-32(38)27-13-6-25(7-14-27)20-46-35(41)42/h4-9,11-16,22,29H,10,17-21H2,1-3H3. The maximum atomic E-state index is 13.6. The molecule has 0 saturated carbocycles. The SMILES string of the molecule is COC(=O)CCc1ccc(OCC(CN(C(=O)c2ccc(CO[N+](=O)[O-])cc2)C(C)C)OC(=O)c2ccc(CO[N+](=O)[O-])cc2)cc1. The van der Waals surface area contributed by atoms with Gasteiger partial charge in [0.25, 0.3) is 16.1 Å². The highest BCUT2D eigenvalue weighted by Crippen LogP contribution is 2.18. The molecule has 15 heteroatoms. The van der Waals surface area contributed by atoms with E-state index in [2.05, 4.69) is 14.4 Å². The average Bonchev–Trinajstić information content (AvgIpc) is 3.06. The van der Waals surface area contributed by atoms with Gasteiger partial charge in [-0.25, -0.2) is 4.79 Å². The number of amides is 1. The lowest BCUT2D eigenvalue weighted by Crippen LogP contribution is -2.45. The molecule has 47 heavy (non-hydrogen) atoms. The van der Waals surface area contributed by atoms with Crippen molar-refractivity contribution in [2.45, 2.75) is 52.0 Å². The minimum Gasteiger partial charge on any atom is -0.490 e. The molecule has 1 unspecified atom stereocenters. The number of nitrogens with zero attached hydrogens (tertiary/aromatic N) is 3. The summed E-state index contributed by atoms with van der Waals surface area (Å²) in [6.07, 6.45) is -0.218. The van der Waals surface area contributed by atoms with Crippen LogP contribution in [0.2, 0.25) is 0 Å². The quantitative estimate of drug-likeness (QED) is 0.107. The first-order valence-corrected chi connectivity index (χ1v) is 14.5. The number of aryl methyl sites for hydroxylation is 1. The first kappa shape index (κ1) is 35.7. The van der Waals surface area contributed by atoms with Gasteiger partial charge in [-0.15, -0.1) is 20.2 Å². The summed E-state index contributed by atoms with van der Waals surface area (Å²) in [7, 11) is 1.33. The van der Waals surface area contributed by atoms with Crippen LogP contribution < -0.4 is 4.74 Å².